The number of nitrogens with one attached hydrogen (secondary N) is 1. The third-order valence-electron chi connectivity index (χ3n) is 2.74. The summed E-state index contributed by atoms with van der Waals surface area (Å²) in [7, 11) is 1.61. The summed E-state index contributed by atoms with van der Waals surface area (Å²) in [5.41, 5.74) is 4.59. The Kier molecular flexibility index (Phi) is 5.46. The number of anilines is 1. The third-order valence-corrected chi connectivity index (χ3v) is 2.97. The van der Waals surface area contributed by atoms with Gasteiger partial charge in [0.25, 0.3) is 0 Å². The molecule has 21 heavy (non-hydrogen) atoms. The van der Waals surface area contributed by atoms with E-state index < -0.39 is 0 Å². The molecule has 0 aliphatic carbocycles. The molecule has 2 aromatic carbocycles. The molecule has 2 aromatic rings. The molecule has 5 heteroatoms. The number of methoxy groups -OCH3 is 1. The maximum atomic E-state index is 5.92. The van der Waals surface area contributed by atoms with Crippen LogP contribution in [0, 0.1) is 0 Å². The molecule has 0 spiro atoms. The number of hydrogen-bond acceptors (Lipinski definition) is 4. The molecule has 0 bridgehead atoms. The number of ether oxygens (including phenoxy) is 2. The van der Waals surface area contributed by atoms with Crippen molar-refractivity contribution >= 4 is 23.5 Å². The minimum absolute atomic E-state index is 0.558. The molecule has 4 nitrogen and oxygen atoms in total. The topological polar surface area (TPSA) is 42.8 Å². The highest BCUT2D eigenvalue weighted by Crippen LogP contribution is 2.30. The van der Waals surface area contributed by atoms with E-state index in [9.17, 15) is 0 Å². The van der Waals surface area contributed by atoms with Crippen LogP contribution in [0.15, 0.2) is 47.6 Å². The Bertz CT molecular complexity index is 629. The first-order valence-corrected chi connectivity index (χ1v) is 6.97. The summed E-state index contributed by atoms with van der Waals surface area (Å²) in [5, 5.41) is 4.86. The number of nitrogens with zero attached hydrogens (tertiary/aromatic N) is 1. The highest BCUT2D eigenvalue weighted by atomic mass is 35.5. The van der Waals surface area contributed by atoms with E-state index in [1.54, 1.807) is 19.4 Å². The molecule has 2 rings (SSSR count). The van der Waals surface area contributed by atoms with Crippen LogP contribution in [0.3, 0.4) is 0 Å². The fourth-order valence-corrected chi connectivity index (χ4v) is 2.02. The number of rotatable bonds is 6. The molecule has 0 aliphatic rings. The molecule has 0 fully saturated rings. The number of para-hydroxylation sites is 1. The summed E-state index contributed by atoms with van der Waals surface area (Å²) < 4.78 is 10.9. The van der Waals surface area contributed by atoms with Crippen molar-refractivity contribution in [2.75, 3.05) is 19.1 Å². The van der Waals surface area contributed by atoms with Crippen LogP contribution in [-0.2, 0) is 0 Å². The number of hydrogen-bond donors (Lipinski definition) is 1. The van der Waals surface area contributed by atoms with Crippen molar-refractivity contribution in [3.8, 4) is 11.5 Å². The molecular formula is C16H17ClN2O2. The SMILES string of the molecule is CCOc1c(C=NNc2cccc(Cl)c2)cccc1OC. The fourth-order valence-electron chi connectivity index (χ4n) is 1.83. The Hall–Kier alpha value is -2.20. The first-order valence-electron chi connectivity index (χ1n) is 6.59. The number of hydrazone groups is 1. The lowest BCUT2D eigenvalue weighted by atomic mass is 10.2. The lowest BCUT2D eigenvalue weighted by Gasteiger charge is -2.11. The molecule has 0 aliphatic heterocycles. The van der Waals surface area contributed by atoms with E-state index in [0.717, 1.165) is 11.3 Å². The van der Waals surface area contributed by atoms with E-state index in [4.69, 9.17) is 21.1 Å². The predicted octanol–water partition coefficient (Wildman–Crippen LogP) is 4.19. The molecular weight excluding hydrogens is 288 g/mol. The minimum atomic E-state index is 0.558. The van der Waals surface area contributed by atoms with E-state index >= 15 is 0 Å². The molecule has 0 saturated heterocycles. The van der Waals surface area contributed by atoms with Crippen LogP contribution in [0.4, 0.5) is 5.69 Å². The lowest BCUT2D eigenvalue weighted by Crippen LogP contribution is -2.00. The average Bonchev–Trinajstić information content (AvgIpc) is 2.49. The standard InChI is InChI=1S/C16H17ClN2O2/c1-3-21-16-12(6-4-9-15(16)20-2)11-18-19-14-8-5-7-13(17)10-14/h4-11,19H,3H2,1-2H3. The Morgan fingerprint density at radius 2 is 2.05 bits per heavy atom. The summed E-state index contributed by atoms with van der Waals surface area (Å²) in [6, 6.07) is 13.0. The normalized spacial score (nSPS) is 10.6. The van der Waals surface area contributed by atoms with E-state index in [1.807, 2.05) is 43.3 Å². The largest absolute Gasteiger partial charge is 0.493 e. The predicted molar refractivity (Wildman–Crippen MR) is 86.8 cm³/mol. The second-order valence-electron chi connectivity index (χ2n) is 4.19. The van der Waals surface area contributed by atoms with Gasteiger partial charge in [-0.15, -0.1) is 0 Å². The highest BCUT2D eigenvalue weighted by molar-refractivity contribution is 6.30. The molecule has 0 amide bonds. The molecule has 0 saturated carbocycles. The van der Waals surface area contributed by atoms with Gasteiger partial charge in [0.15, 0.2) is 11.5 Å². The van der Waals surface area contributed by atoms with Crippen LogP contribution >= 0.6 is 11.6 Å². The van der Waals surface area contributed by atoms with Crippen molar-refractivity contribution in [3.05, 3.63) is 53.1 Å². The Morgan fingerprint density at radius 3 is 2.76 bits per heavy atom. The average molecular weight is 305 g/mol. The van der Waals surface area contributed by atoms with Crippen LogP contribution in [-0.4, -0.2) is 19.9 Å². The molecule has 0 unspecified atom stereocenters. The van der Waals surface area contributed by atoms with Crippen molar-refractivity contribution in [2.45, 2.75) is 6.92 Å². The van der Waals surface area contributed by atoms with Crippen molar-refractivity contribution in [2.24, 2.45) is 5.10 Å². The van der Waals surface area contributed by atoms with Crippen LogP contribution < -0.4 is 14.9 Å². The van der Waals surface area contributed by atoms with Gasteiger partial charge in [-0.3, -0.25) is 5.43 Å². The number of benzene rings is 2. The van der Waals surface area contributed by atoms with Gasteiger partial charge in [-0.05, 0) is 37.3 Å². The van der Waals surface area contributed by atoms with E-state index in [0.29, 0.717) is 23.1 Å². The molecule has 1 N–H and O–H groups in total. The first kappa shape index (κ1) is 15.2. The van der Waals surface area contributed by atoms with Crippen molar-refractivity contribution in [1.82, 2.24) is 0 Å². The molecule has 0 aromatic heterocycles. The summed E-state index contributed by atoms with van der Waals surface area (Å²) in [5.74, 6) is 1.36. The highest BCUT2D eigenvalue weighted by Gasteiger charge is 2.08. The fraction of sp³-hybridized carbons (Fsp3) is 0.188. The van der Waals surface area contributed by atoms with Crippen molar-refractivity contribution in [3.63, 3.8) is 0 Å². The molecule has 110 valence electrons. The van der Waals surface area contributed by atoms with Gasteiger partial charge in [0.1, 0.15) is 0 Å². The van der Waals surface area contributed by atoms with Gasteiger partial charge >= 0.3 is 0 Å². The maximum Gasteiger partial charge on any atom is 0.169 e. The van der Waals surface area contributed by atoms with E-state index in [1.165, 1.54) is 0 Å². The van der Waals surface area contributed by atoms with Gasteiger partial charge in [-0.1, -0.05) is 23.7 Å². The van der Waals surface area contributed by atoms with Gasteiger partial charge < -0.3 is 9.47 Å². The summed E-state index contributed by atoms with van der Waals surface area (Å²) >= 11 is 5.92. The summed E-state index contributed by atoms with van der Waals surface area (Å²) in [4.78, 5) is 0. The molecule has 0 radical (unpaired) electrons. The quantitative estimate of drug-likeness (QED) is 0.642. The van der Waals surface area contributed by atoms with Crippen LogP contribution in [0.2, 0.25) is 5.02 Å². The van der Waals surface area contributed by atoms with Gasteiger partial charge in [-0.25, -0.2) is 0 Å². The van der Waals surface area contributed by atoms with Gasteiger partial charge in [0.2, 0.25) is 0 Å². The smallest absolute Gasteiger partial charge is 0.169 e. The van der Waals surface area contributed by atoms with E-state index in [2.05, 4.69) is 10.5 Å². The van der Waals surface area contributed by atoms with Gasteiger partial charge in [0, 0.05) is 10.6 Å². The zero-order chi connectivity index (χ0) is 15.1. The van der Waals surface area contributed by atoms with Crippen LogP contribution in [0.5, 0.6) is 11.5 Å². The lowest BCUT2D eigenvalue weighted by molar-refractivity contribution is 0.310. The van der Waals surface area contributed by atoms with Crippen LogP contribution in [0.1, 0.15) is 12.5 Å². The second kappa shape index (κ2) is 7.55. The van der Waals surface area contributed by atoms with Gasteiger partial charge in [-0.2, -0.15) is 5.10 Å². The Morgan fingerprint density at radius 1 is 1.24 bits per heavy atom. The second-order valence-corrected chi connectivity index (χ2v) is 4.63. The molecule has 0 heterocycles. The maximum absolute atomic E-state index is 5.92. The van der Waals surface area contributed by atoms with Crippen molar-refractivity contribution < 1.29 is 9.47 Å². The zero-order valence-electron chi connectivity index (χ0n) is 12.0. The zero-order valence-corrected chi connectivity index (χ0v) is 12.7. The van der Waals surface area contributed by atoms with Gasteiger partial charge in [0.05, 0.1) is 25.6 Å². The summed E-state index contributed by atoms with van der Waals surface area (Å²) in [6.45, 7) is 2.49. The number of halogens is 1. The van der Waals surface area contributed by atoms with Crippen LogP contribution in [0.25, 0.3) is 0 Å². The Balaban J connectivity index is 2.16. The monoisotopic (exact) mass is 304 g/mol. The third kappa shape index (κ3) is 4.13. The first-order chi connectivity index (χ1) is 10.2. The molecule has 0 atom stereocenters. The van der Waals surface area contributed by atoms with Crippen molar-refractivity contribution in [1.29, 1.82) is 0 Å². The van der Waals surface area contributed by atoms with E-state index in [-0.39, 0.29) is 0 Å². The Labute approximate surface area is 129 Å². The minimum Gasteiger partial charge on any atom is -0.493 e. The summed E-state index contributed by atoms with van der Waals surface area (Å²) in [6.07, 6.45) is 1.69.